The van der Waals surface area contributed by atoms with Crippen molar-refractivity contribution in [3.63, 3.8) is 0 Å². The molecule has 1 aliphatic heterocycles. The van der Waals surface area contributed by atoms with E-state index in [1.54, 1.807) is 0 Å². The molecule has 1 aromatic rings. The first-order valence-electron chi connectivity index (χ1n) is 8.08. The quantitative estimate of drug-likeness (QED) is 0.796. The maximum Gasteiger partial charge on any atom is 0.237 e. The van der Waals surface area contributed by atoms with Crippen molar-refractivity contribution in [1.29, 1.82) is 0 Å². The Kier molecular flexibility index (Phi) is 3.83. The van der Waals surface area contributed by atoms with Gasteiger partial charge in [-0.3, -0.25) is 14.5 Å². The van der Waals surface area contributed by atoms with Gasteiger partial charge in [-0.15, -0.1) is 0 Å². The van der Waals surface area contributed by atoms with Crippen molar-refractivity contribution in [3.05, 3.63) is 29.8 Å². The van der Waals surface area contributed by atoms with Crippen LogP contribution in [-0.2, 0) is 16.0 Å². The molecule has 1 saturated heterocycles. The van der Waals surface area contributed by atoms with Crippen molar-refractivity contribution in [3.8, 4) is 0 Å². The first-order valence-corrected chi connectivity index (χ1v) is 8.08. The smallest absolute Gasteiger partial charge is 0.237 e. The van der Waals surface area contributed by atoms with Gasteiger partial charge in [0.2, 0.25) is 11.8 Å². The molecule has 3 heteroatoms. The highest BCUT2D eigenvalue weighted by molar-refractivity contribution is 6.22. The number of anilines is 1. The summed E-state index contributed by atoms with van der Waals surface area (Å²) in [5, 5.41) is 0. The number of nitrogens with zero attached hydrogens (tertiary/aromatic N) is 1. The van der Waals surface area contributed by atoms with Gasteiger partial charge in [0.05, 0.1) is 17.5 Å². The molecule has 3 rings (SSSR count). The molecule has 21 heavy (non-hydrogen) atoms. The molecule has 1 aliphatic carbocycles. The van der Waals surface area contributed by atoms with Crippen molar-refractivity contribution in [1.82, 2.24) is 0 Å². The minimum absolute atomic E-state index is 0.0137. The molecule has 3 nitrogen and oxygen atoms in total. The highest BCUT2D eigenvalue weighted by atomic mass is 16.2. The van der Waals surface area contributed by atoms with E-state index in [4.69, 9.17) is 0 Å². The topological polar surface area (TPSA) is 37.4 Å². The predicted octanol–water partition coefficient (Wildman–Crippen LogP) is 3.56. The Morgan fingerprint density at radius 2 is 1.71 bits per heavy atom. The Bertz CT molecular complexity index is 549. The SMILES string of the molecule is CCCc1ccc(N2C(=O)[C@H]3CC[C@H](C)C[C@@H]3C2=O)cc1. The van der Waals surface area contributed by atoms with Crippen molar-refractivity contribution in [2.45, 2.75) is 46.0 Å². The molecule has 0 bridgehead atoms. The molecule has 3 atom stereocenters. The Labute approximate surface area is 126 Å². The number of hydrogen-bond acceptors (Lipinski definition) is 2. The minimum atomic E-state index is -0.0865. The second-order valence-electron chi connectivity index (χ2n) is 6.56. The zero-order valence-electron chi connectivity index (χ0n) is 12.8. The van der Waals surface area contributed by atoms with E-state index in [0.717, 1.165) is 37.8 Å². The van der Waals surface area contributed by atoms with E-state index in [-0.39, 0.29) is 23.7 Å². The van der Waals surface area contributed by atoms with Gasteiger partial charge >= 0.3 is 0 Å². The van der Waals surface area contributed by atoms with Gasteiger partial charge in [-0.25, -0.2) is 0 Å². The van der Waals surface area contributed by atoms with Crippen molar-refractivity contribution >= 4 is 17.5 Å². The molecular weight excluding hydrogens is 262 g/mol. The summed E-state index contributed by atoms with van der Waals surface area (Å²) < 4.78 is 0. The molecule has 112 valence electrons. The highest BCUT2D eigenvalue weighted by Crippen LogP contribution is 2.42. The largest absolute Gasteiger partial charge is 0.274 e. The third-order valence-corrected chi connectivity index (χ3v) is 4.92. The van der Waals surface area contributed by atoms with Crippen LogP contribution in [0.4, 0.5) is 5.69 Å². The maximum absolute atomic E-state index is 12.6. The highest BCUT2D eigenvalue weighted by Gasteiger charge is 2.49. The van der Waals surface area contributed by atoms with Crippen LogP contribution in [0.3, 0.4) is 0 Å². The lowest BCUT2D eigenvalue weighted by Gasteiger charge is -2.25. The molecule has 0 spiro atoms. The van der Waals surface area contributed by atoms with Crippen LogP contribution in [0.15, 0.2) is 24.3 Å². The van der Waals surface area contributed by atoms with Crippen LogP contribution in [0, 0.1) is 17.8 Å². The van der Waals surface area contributed by atoms with E-state index >= 15 is 0 Å². The summed E-state index contributed by atoms with van der Waals surface area (Å²) in [5.41, 5.74) is 2.00. The molecule has 0 aromatic heterocycles. The second kappa shape index (κ2) is 5.63. The number of aryl methyl sites for hydroxylation is 1. The Hall–Kier alpha value is -1.64. The van der Waals surface area contributed by atoms with Crippen molar-refractivity contribution in [2.75, 3.05) is 4.90 Å². The van der Waals surface area contributed by atoms with Crippen LogP contribution in [0.1, 0.15) is 45.1 Å². The number of fused-ring (bicyclic) bond motifs is 1. The minimum Gasteiger partial charge on any atom is -0.274 e. The van der Waals surface area contributed by atoms with Crippen LogP contribution in [-0.4, -0.2) is 11.8 Å². The lowest BCUT2D eigenvalue weighted by molar-refractivity contribution is -0.122. The Morgan fingerprint density at radius 3 is 2.38 bits per heavy atom. The van der Waals surface area contributed by atoms with Crippen LogP contribution in [0.25, 0.3) is 0 Å². The fourth-order valence-corrected chi connectivity index (χ4v) is 3.74. The predicted molar refractivity (Wildman–Crippen MR) is 82.9 cm³/mol. The molecule has 1 aromatic carbocycles. The third-order valence-electron chi connectivity index (χ3n) is 4.92. The number of amides is 2. The summed E-state index contributed by atoms with van der Waals surface area (Å²) in [5.74, 6) is 0.412. The summed E-state index contributed by atoms with van der Waals surface area (Å²) >= 11 is 0. The summed E-state index contributed by atoms with van der Waals surface area (Å²) in [7, 11) is 0. The second-order valence-corrected chi connectivity index (χ2v) is 6.56. The molecule has 2 amide bonds. The summed E-state index contributed by atoms with van der Waals surface area (Å²) in [6, 6.07) is 7.90. The van der Waals surface area contributed by atoms with E-state index < -0.39 is 0 Å². The summed E-state index contributed by atoms with van der Waals surface area (Å²) in [6.07, 6.45) is 4.91. The number of carbonyl (C=O) groups excluding carboxylic acids is 2. The number of carbonyl (C=O) groups is 2. The standard InChI is InChI=1S/C18H23NO2/c1-3-4-13-6-8-14(9-7-13)19-17(20)15-10-5-12(2)11-16(15)18(19)21/h6-9,12,15-16H,3-5,10-11H2,1-2H3/t12-,15-,16-/m0/s1. The normalized spacial score (nSPS) is 28.9. The van der Waals surface area contributed by atoms with Gasteiger partial charge in [-0.05, 0) is 49.3 Å². The zero-order chi connectivity index (χ0) is 15.0. The van der Waals surface area contributed by atoms with E-state index in [1.165, 1.54) is 10.5 Å². The van der Waals surface area contributed by atoms with Crippen molar-refractivity contribution < 1.29 is 9.59 Å². The van der Waals surface area contributed by atoms with Crippen molar-refractivity contribution in [2.24, 2.45) is 17.8 Å². The van der Waals surface area contributed by atoms with Crippen LogP contribution >= 0.6 is 0 Å². The molecule has 0 unspecified atom stereocenters. The Morgan fingerprint density at radius 1 is 1.05 bits per heavy atom. The van der Waals surface area contributed by atoms with Gasteiger partial charge in [0.1, 0.15) is 0 Å². The molecule has 2 aliphatic rings. The number of rotatable bonds is 3. The number of hydrogen-bond donors (Lipinski definition) is 0. The van der Waals surface area contributed by atoms with E-state index in [1.807, 2.05) is 24.3 Å². The first-order chi connectivity index (χ1) is 10.1. The lowest BCUT2D eigenvalue weighted by Crippen LogP contribution is -2.30. The van der Waals surface area contributed by atoms with E-state index in [2.05, 4.69) is 13.8 Å². The van der Waals surface area contributed by atoms with Gasteiger partial charge in [-0.1, -0.05) is 32.4 Å². The summed E-state index contributed by atoms with van der Waals surface area (Å²) in [4.78, 5) is 26.6. The average Bonchev–Trinajstić information content (AvgIpc) is 2.72. The molecule has 2 fully saturated rings. The van der Waals surface area contributed by atoms with Crippen LogP contribution in [0.2, 0.25) is 0 Å². The van der Waals surface area contributed by atoms with Gasteiger partial charge < -0.3 is 0 Å². The number of benzene rings is 1. The molecule has 0 N–H and O–H groups in total. The first kappa shape index (κ1) is 14.3. The summed E-state index contributed by atoms with van der Waals surface area (Å²) in [6.45, 7) is 4.32. The zero-order valence-corrected chi connectivity index (χ0v) is 12.8. The number of imide groups is 1. The van der Waals surface area contributed by atoms with Crippen LogP contribution < -0.4 is 4.90 Å². The van der Waals surface area contributed by atoms with E-state index in [9.17, 15) is 9.59 Å². The third kappa shape index (κ3) is 2.50. The molecule has 1 saturated carbocycles. The van der Waals surface area contributed by atoms with E-state index in [0.29, 0.717) is 5.92 Å². The maximum atomic E-state index is 12.6. The monoisotopic (exact) mass is 285 g/mol. The molecular formula is C18H23NO2. The van der Waals surface area contributed by atoms with Crippen LogP contribution in [0.5, 0.6) is 0 Å². The van der Waals surface area contributed by atoms with Gasteiger partial charge in [0.25, 0.3) is 0 Å². The fourth-order valence-electron chi connectivity index (χ4n) is 3.74. The Balaban J connectivity index is 1.85. The van der Waals surface area contributed by atoms with Gasteiger partial charge in [0.15, 0.2) is 0 Å². The van der Waals surface area contributed by atoms with Gasteiger partial charge in [-0.2, -0.15) is 0 Å². The lowest BCUT2D eigenvalue weighted by atomic mass is 9.76. The average molecular weight is 285 g/mol. The molecule has 0 radical (unpaired) electrons. The fraction of sp³-hybridized carbons (Fsp3) is 0.556. The molecule has 1 heterocycles. The van der Waals surface area contributed by atoms with Gasteiger partial charge in [0, 0.05) is 0 Å².